The van der Waals surface area contributed by atoms with Crippen LogP contribution in [0.3, 0.4) is 0 Å². The van der Waals surface area contributed by atoms with Crippen molar-refractivity contribution in [2.75, 3.05) is 24.8 Å². The van der Waals surface area contributed by atoms with Gasteiger partial charge < -0.3 is 20.8 Å². The van der Waals surface area contributed by atoms with E-state index in [1.807, 2.05) is 19.9 Å². The molecule has 3 N–H and O–H groups in total. The van der Waals surface area contributed by atoms with E-state index in [2.05, 4.69) is 25.6 Å². The maximum absolute atomic E-state index is 12.5. The van der Waals surface area contributed by atoms with E-state index in [1.165, 1.54) is 13.3 Å². The molecule has 2 heterocycles. The summed E-state index contributed by atoms with van der Waals surface area (Å²) in [5, 5.41) is 14.3. The number of carbonyl (C=O) groups excluding carboxylic acids is 1. The molecule has 2 aromatic heterocycles. The molecule has 0 aliphatic carbocycles. The first kappa shape index (κ1) is 22.7. The van der Waals surface area contributed by atoms with Crippen molar-refractivity contribution in [1.82, 2.24) is 9.97 Å². The molecule has 30 heavy (non-hydrogen) atoms. The predicted octanol–water partition coefficient (Wildman–Crippen LogP) is 4.62. The van der Waals surface area contributed by atoms with Crippen LogP contribution in [0.2, 0.25) is 0 Å². The number of methoxy groups -OCH3 is 1. The Kier molecular flexibility index (Phi) is 7.80. The van der Waals surface area contributed by atoms with Crippen LogP contribution < -0.4 is 15.4 Å². The van der Waals surface area contributed by atoms with E-state index in [9.17, 15) is 4.79 Å². The summed E-state index contributed by atoms with van der Waals surface area (Å²) < 4.78 is 5.48. The molecule has 0 atom stereocenters. The molecule has 0 aromatic carbocycles. The molecule has 0 fully saturated rings. The lowest BCUT2D eigenvalue weighted by Gasteiger charge is -2.16. The molecule has 0 saturated carbocycles. The number of allylic oxidation sites excluding steroid dienone is 1. The first-order chi connectivity index (χ1) is 14.3. The molecule has 8 nitrogen and oxygen atoms in total. The third kappa shape index (κ3) is 5.50. The highest BCUT2D eigenvalue weighted by Gasteiger charge is 2.17. The van der Waals surface area contributed by atoms with Gasteiger partial charge in [-0.25, -0.2) is 9.97 Å². The van der Waals surface area contributed by atoms with Crippen LogP contribution in [0.25, 0.3) is 0 Å². The van der Waals surface area contributed by atoms with Crippen LogP contribution >= 0.6 is 0 Å². The summed E-state index contributed by atoms with van der Waals surface area (Å²) in [6, 6.07) is 3.45. The van der Waals surface area contributed by atoms with Gasteiger partial charge in [0.2, 0.25) is 0 Å². The highest BCUT2D eigenvalue weighted by atomic mass is 16.5. The van der Waals surface area contributed by atoms with E-state index in [-0.39, 0.29) is 5.78 Å². The first-order valence-electron chi connectivity index (χ1n) is 9.58. The van der Waals surface area contributed by atoms with Gasteiger partial charge in [-0.05, 0) is 32.9 Å². The fraction of sp³-hybridized carbons (Fsp3) is 0.318. The van der Waals surface area contributed by atoms with E-state index in [4.69, 9.17) is 10.1 Å². The van der Waals surface area contributed by atoms with Gasteiger partial charge in [0.25, 0.3) is 0 Å². The highest BCUT2D eigenvalue weighted by Crippen LogP contribution is 2.31. The predicted molar refractivity (Wildman–Crippen MR) is 122 cm³/mol. The zero-order chi connectivity index (χ0) is 22.3. The monoisotopic (exact) mass is 408 g/mol. The summed E-state index contributed by atoms with van der Waals surface area (Å²) in [6.07, 6.45) is 5.37. The molecule has 2 aromatic rings. The molecule has 0 aliphatic heterocycles. The van der Waals surface area contributed by atoms with Gasteiger partial charge in [-0.15, -0.1) is 0 Å². The van der Waals surface area contributed by atoms with Crippen LogP contribution in [0.15, 0.2) is 41.2 Å². The first-order valence-corrected chi connectivity index (χ1v) is 9.58. The van der Waals surface area contributed by atoms with Crippen molar-refractivity contribution in [2.24, 2.45) is 4.99 Å². The summed E-state index contributed by atoms with van der Waals surface area (Å²) in [7, 11) is 3.21. The minimum absolute atomic E-state index is 0.0522. The van der Waals surface area contributed by atoms with Gasteiger partial charge in [0.05, 0.1) is 18.4 Å². The third-order valence-corrected chi connectivity index (χ3v) is 4.21. The van der Waals surface area contributed by atoms with E-state index >= 15 is 0 Å². The molecule has 158 valence electrons. The maximum atomic E-state index is 12.5. The average Bonchev–Trinajstić information content (AvgIpc) is 2.72. The second-order valence-corrected chi connectivity index (χ2v) is 6.84. The van der Waals surface area contributed by atoms with Crippen LogP contribution in [0, 0.1) is 5.41 Å². The number of nitrogens with zero attached hydrogens (tertiary/aromatic N) is 3. The second kappa shape index (κ2) is 10.3. The van der Waals surface area contributed by atoms with Gasteiger partial charge in [0.1, 0.15) is 11.7 Å². The molecular weight excluding hydrogens is 380 g/mol. The molecule has 0 bridgehead atoms. The van der Waals surface area contributed by atoms with Crippen LogP contribution in [0.5, 0.6) is 5.75 Å². The number of rotatable bonds is 8. The van der Waals surface area contributed by atoms with E-state index in [0.717, 1.165) is 5.57 Å². The molecule has 2 rings (SSSR count). The number of hydrogen-bond acceptors (Lipinski definition) is 7. The van der Waals surface area contributed by atoms with Crippen molar-refractivity contribution in [3.63, 3.8) is 0 Å². The quantitative estimate of drug-likeness (QED) is 0.334. The molecule has 0 unspecified atom stereocenters. The van der Waals surface area contributed by atoms with Gasteiger partial charge in [-0.2, -0.15) is 0 Å². The van der Waals surface area contributed by atoms with Crippen molar-refractivity contribution >= 4 is 34.7 Å². The number of amidine groups is 1. The molecular formula is C22H28N6O2. The van der Waals surface area contributed by atoms with Crippen molar-refractivity contribution in [1.29, 1.82) is 5.41 Å². The molecule has 0 radical (unpaired) electrons. The number of aliphatic imine (C=N–C) groups is 1. The standard InChI is InChI=1S/C22H28N6O2/c1-7-18(29)16-12-26-20(28-19(24-5)10-13(2)3)11-17(16)27-22-21(30-6)15(14(4)23)8-9-25-22/h8-12,23H,7H2,1-6H3,(H2,24,25,26,27,28). The van der Waals surface area contributed by atoms with Gasteiger partial charge in [-0.3, -0.25) is 9.79 Å². The minimum atomic E-state index is -0.0522. The van der Waals surface area contributed by atoms with Crippen molar-refractivity contribution < 1.29 is 9.53 Å². The van der Waals surface area contributed by atoms with Crippen LogP contribution in [-0.2, 0) is 0 Å². The van der Waals surface area contributed by atoms with Crippen molar-refractivity contribution in [3.8, 4) is 5.75 Å². The maximum Gasteiger partial charge on any atom is 0.173 e. The highest BCUT2D eigenvalue weighted by molar-refractivity contribution is 6.06. The van der Waals surface area contributed by atoms with E-state index < -0.39 is 0 Å². The number of aromatic nitrogens is 2. The Morgan fingerprint density at radius 2 is 2.00 bits per heavy atom. The Morgan fingerprint density at radius 3 is 2.57 bits per heavy atom. The summed E-state index contributed by atoms with van der Waals surface area (Å²) in [4.78, 5) is 25.4. The zero-order valence-corrected chi connectivity index (χ0v) is 18.3. The fourth-order valence-corrected chi connectivity index (χ4v) is 2.77. The van der Waals surface area contributed by atoms with Gasteiger partial charge >= 0.3 is 0 Å². The minimum Gasteiger partial charge on any atom is -0.492 e. The summed E-state index contributed by atoms with van der Waals surface area (Å²) >= 11 is 0. The number of Topliss-reactive ketones (excluding diaryl/α,β-unsaturated/α-hetero) is 1. The fourth-order valence-electron chi connectivity index (χ4n) is 2.77. The second-order valence-electron chi connectivity index (χ2n) is 6.84. The van der Waals surface area contributed by atoms with E-state index in [0.29, 0.717) is 52.2 Å². The van der Waals surface area contributed by atoms with Crippen LogP contribution in [0.1, 0.15) is 50.0 Å². The largest absolute Gasteiger partial charge is 0.492 e. The van der Waals surface area contributed by atoms with Crippen LogP contribution in [-0.4, -0.2) is 41.5 Å². The van der Waals surface area contributed by atoms with Gasteiger partial charge in [-0.1, -0.05) is 12.5 Å². The summed E-state index contributed by atoms with van der Waals surface area (Å²) in [5.74, 6) is 1.98. The van der Waals surface area contributed by atoms with Gasteiger partial charge in [0, 0.05) is 43.2 Å². The molecule has 0 amide bonds. The number of hydrogen-bond donors (Lipinski definition) is 3. The molecule has 8 heteroatoms. The van der Waals surface area contributed by atoms with E-state index in [1.54, 1.807) is 39.2 Å². The smallest absolute Gasteiger partial charge is 0.173 e. The van der Waals surface area contributed by atoms with Gasteiger partial charge in [0.15, 0.2) is 17.4 Å². The normalized spacial score (nSPS) is 10.9. The third-order valence-electron chi connectivity index (χ3n) is 4.21. The Morgan fingerprint density at radius 1 is 1.27 bits per heavy atom. The number of nitrogens with one attached hydrogen (secondary N) is 3. The SMILES string of the molecule is CCC(=O)c1cnc(NC(C=C(C)C)=NC)cc1Nc1nccc(C(C)=N)c1OC. The van der Waals surface area contributed by atoms with Crippen molar-refractivity contribution in [2.45, 2.75) is 34.1 Å². The number of anilines is 3. The average molecular weight is 409 g/mol. The number of ether oxygens (including phenoxy) is 1. The van der Waals surface area contributed by atoms with Crippen molar-refractivity contribution in [3.05, 3.63) is 47.3 Å². The Labute approximate surface area is 177 Å². The lowest BCUT2D eigenvalue weighted by atomic mass is 10.1. The zero-order valence-electron chi connectivity index (χ0n) is 18.3. The summed E-state index contributed by atoms with van der Waals surface area (Å²) in [5.41, 5.74) is 3.05. The molecule has 0 spiro atoms. The molecule has 0 saturated heterocycles. The Hall–Kier alpha value is -3.55. The molecule has 0 aliphatic rings. The number of pyridine rings is 2. The Balaban J connectivity index is 2.52. The Bertz CT molecular complexity index is 1010. The topological polar surface area (TPSA) is 112 Å². The summed E-state index contributed by atoms with van der Waals surface area (Å²) in [6.45, 7) is 7.43. The van der Waals surface area contributed by atoms with Crippen LogP contribution in [0.4, 0.5) is 17.3 Å². The number of carbonyl (C=O) groups is 1. The lowest BCUT2D eigenvalue weighted by molar-refractivity contribution is 0.0988. The lowest BCUT2D eigenvalue weighted by Crippen LogP contribution is -2.13. The number of ketones is 1.